The van der Waals surface area contributed by atoms with E-state index in [1.54, 1.807) is 17.0 Å². The second kappa shape index (κ2) is 5.30. The van der Waals surface area contributed by atoms with Crippen LogP contribution in [-0.2, 0) is 9.84 Å². The van der Waals surface area contributed by atoms with Gasteiger partial charge < -0.3 is 10.2 Å². The number of amides is 1. The number of sulfone groups is 1. The molecule has 1 amide bonds. The maximum atomic E-state index is 12.3. The molecule has 0 spiro atoms. The van der Waals surface area contributed by atoms with Crippen LogP contribution >= 0.6 is 0 Å². The Hall–Kier alpha value is -1.40. The zero-order valence-corrected chi connectivity index (χ0v) is 11.9. The van der Waals surface area contributed by atoms with E-state index >= 15 is 0 Å². The number of nitrogens with one attached hydrogen (secondary N) is 1. The molecule has 1 saturated heterocycles. The lowest BCUT2D eigenvalue weighted by molar-refractivity contribution is 0.0709. The van der Waals surface area contributed by atoms with Crippen molar-refractivity contribution in [2.45, 2.75) is 17.9 Å². The molecule has 1 aromatic rings. The lowest BCUT2D eigenvalue weighted by Crippen LogP contribution is -2.51. The normalized spacial score (nSPS) is 20.3. The van der Waals surface area contributed by atoms with E-state index in [0.717, 1.165) is 12.8 Å². The summed E-state index contributed by atoms with van der Waals surface area (Å²) in [6, 6.07) is 6.48. The number of hydrogen-bond donors (Lipinski definition) is 1. The Morgan fingerprint density at radius 2 is 2.16 bits per heavy atom. The molecule has 19 heavy (non-hydrogen) atoms. The van der Waals surface area contributed by atoms with Crippen LogP contribution in [0.1, 0.15) is 17.3 Å². The molecule has 1 N–H and O–H groups in total. The van der Waals surface area contributed by atoms with Crippen LogP contribution in [-0.4, -0.2) is 51.2 Å². The Labute approximate surface area is 113 Å². The molecule has 1 aliphatic heterocycles. The van der Waals surface area contributed by atoms with Gasteiger partial charge in [0.15, 0.2) is 9.84 Å². The van der Waals surface area contributed by atoms with E-state index in [1.165, 1.54) is 12.1 Å². The highest BCUT2D eigenvalue weighted by Crippen LogP contribution is 2.14. The molecule has 5 nitrogen and oxygen atoms in total. The average Bonchev–Trinajstić information content (AvgIpc) is 2.37. The standard InChI is InChI=1S/C13H18N2O3S/c1-10-9-15(7-6-14-10)13(16)11-4-3-5-12(8-11)19(2,17)18/h3-5,8,10,14H,6-7,9H2,1-2H3/t10-/m0/s1. The van der Waals surface area contributed by atoms with Crippen LogP contribution in [0, 0.1) is 0 Å². The molecular weight excluding hydrogens is 264 g/mol. The number of benzene rings is 1. The third-order valence-corrected chi connectivity index (χ3v) is 4.28. The van der Waals surface area contributed by atoms with Gasteiger partial charge in [-0.25, -0.2) is 8.42 Å². The molecule has 6 heteroatoms. The Kier molecular flexibility index (Phi) is 3.91. The summed E-state index contributed by atoms with van der Waals surface area (Å²) >= 11 is 0. The minimum Gasteiger partial charge on any atom is -0.336 e. The van der Waals surface area contributed by atoms with Crippen molar-refractivity contribution in [1.29, 1.82) is 0 Å². The van der Waals surface area contributed by atoms with E-state index in [1.807, 2.05) is 6.92 Å². The van der Waals surface area contributed by atoms with Crippen molar-refractivity contribution in [2.24, 2.45) is 0 Å². The molecule has 1 aliphatic rings. The Balaban J connectivity index is 2.24. The molecule has 104 valence electrons. The molecule has 1 heterocycles. The molecule has 0 unspecified atom stereocenters. The molecule has 1 aromatic carbocycles. The third kappa shape index (κ3) is 3.33. The second-order valence-electron chi connectivity index (χ2n) is 4.91. The SMILES string of the molecule is C[C@H]1CN(C(=O)c2cccc(S(C)(=O)=O)c2)CCN1. The highest BCUT2D eigenvalue weighted by atomic mass is 32.2. The molecule has 0 bridgehead atoms. The lowest BCUT2D eigenvalue weighted by atomic mass is 10.1. The van der Waals surface area contributed by atoms with Gasteiger partial charge in [0, 0.05) is 37.5 Å². The minimum atomic E-state index is -3.28. The summed E-state index contributed by atoms with van der Waals surface area (Å²) in [4.78, 5) is 14.3. The van der Waals surface area contributed by atoms with Gasteiger partial charge in [-0.3, -0.25) is 4.79 Å². The summed E-state index contributed by atoms with van der Waals surface area (Å²) in [6.07, 6.45) is 1.14. The van der Waals surface area contributed by atoms with E-state index < -0.39 is 9.84 Å². The lowest BCUT2D eigenvalue weighted by Gasteiger charge is -2.32. The highest BCUT2D eigenvalue weighted by Gasteiger charge is 2.22. The van der Waals surface area contributed by atoms with Crippen molar-refractivity contribution in [3.63, 3.8) is 0 Å². The number of nitrogens with zero attached hydrogens (tertiary/aromatic N) is 1. The summed E-state index contributed by atoms with van der Waals surface area (Å²) in [6.45, 7) is 4.07. The zero-order chi connectivity index (χ0) is 14.0. The second-order valence-corrected chi connectivity index (χ2v) is 6.92. The summed E-state index contributed by atoms with van der Waals surface area (Å²) in [5.74, 6) is -0.112. The molecular formula is C13H18N2O3S. The van der Waals surface area contributed by atoms with Crippen LogP contribution in [0.15, 0.2) is 29.2 Å². The van der Waals surface area contributed by atoms with Gasteiger partial charge in [-0.05, 0) is 25.1 Å². The quantitative estimate of drug-likeness (QED) is 0.859. The topological polar surface area (TPSA) is 66.5 Å². The van der Waals surface area contributed by atoms with Gasteiger partial charge in [0.25, 0.3) is 5.91 Å². The first-order valence-electron chi connectivity index (χ1n) is 6.21. The van der Waals surface area contributed by atoms with Crippen molar-refractivity contribution in [2.75, 3.05) is 25.9 Å². The van der Waals surface area contributed by atoms with E-state index in [9.17, 15) is 13.2 Å². The van der Waals surface area contributed by atoms with Gasteiger partial charge in [0.2, 0.25) is 0 Å². The summed E-state index contributed by atoms with van der Waals surface area (Å²) in [5, 5.41) is 3.26. The first kappa shape index (κ1) is 14.0. The van der Waals surface area contributed by atoms with Gasteiger partial charge in [0.05, 0.1) is 4.90 Å². The van der Waals surface area contributed by atoms with Gasteiger partial charge in [-0.1, -0.05) is 6.07 Å². The zero-order valence-electron chi connectivity index (χ0n) is 11.1. The van der Waals surface area contributed by atoms with Crippen LogP contribution in [0.4, 0.5) is 0 Å². The predicted molar refractivity (Wildman–Crippen MR) is 72.9 cm³/mol. The van der Waals surface area contributed by atoms with Crippen LogP contribution in [0.25, 0.3) is 0 Å². The van der Waals surface area contributed by atoms with Gasteiger partial charge in [-0.2, -0.15) is 0 Å². The molecule has 0 radical (unpaired) electrons. The van der Waals surface area contributed by atoms with Crippen LogP contribution < -0.4 is 5.32 Å². The number of hydrogen-bond acceptors (Lipinski definition) is 4. The summed E-state index contributed by atoms with van der Waals surface area (Å²) in [7, 11) is -3.28. The van der Waals surface area contributed by atoms with Crippen LogP contribution in [0.3, 0.4) is 0 Å². The van der Waals surface area contributed by atoms with Crippen molar-refractivity contribution in [3.05, 3.63) is 29.8 Å². The van der Waals surface area contributed by atoms with Crippen molar-refractivity contribution in [1.82, 2.24) is 10.2 Å². The minimum absolute atomic E-state index is 0.112. The first-order chi connectivity index (χ1) is 8.88. The fraction of sp³-hybridized carbons (Fsp3) is 0.462. The average molecular weight is 282 g/mol. The van der Waals surface area contributed by atoms with Gasteiger partial charge in [-0.15, -0.1) is 0 Å². The summed E-state index contributed by atoms with van der Waals surface area (Å²) < 4.78 is 23.0. The number of carbonyl (C=O) groups excluding carboxylic acids is 1. The largest absolute Gasteiger partial charge is 0.336 e. The number of piperazine rings is 1. The predicted octanol–water partition coefficient (Wildman–Crippen LogP) is 0.524. The molecule has 0 aromatic heterocycles. The maximum Gasteiger partial charge on any atom is 0.253 e. The smallest absolute Gasteiger partial charge is 0.253 e. The number of carbonyl (C=O) groups is 1. The molecule has 2 rings (SSSR count). The highest BCUT2D eigenvalue weighted by molar-refractivity contribution is 7.90. The van der Waals surface area contributed by atoms with Crippen LogP contribution in [0.5, 0.6) is 0 Å². The summed E-state index contributed by atoms with van der Waals surface area (Å²) in [5.41, 5.74) is 0.428. The van der Waals surface area contributed by atoms with Crippen molar-refractivity contribution in [3.8, 4) is 0 Å². The van der Waals surface area contributed by atoms with Crippen LogP contribution in [0.2, 0.25) is 0 Å². The number of rotatable bonds is 2. The molecule has 1 fully saturated rings. The fourth-order valence-corrected chi connectivity index (χ4v) is 2.83. The van der Waals surface area contributed by atoms with E-state index in [4.69, 9.17) is 0 Å². The van der Waals surface area contributed by atoms with Crippen molar-refractivity contribution >= 4 is 15.7 Å². The Morgan fingerprint density at radius 1 is 1.42 bits per heavy atom. The van der Waals surface area contributed by atoms with Gasteiger partial charge >= 0.3 is 0 Å². The van der Waals surface area contributed by atoms with Crippen molar-refractivity contribution < 1.29 is 13.2 Å². The van der Waals surface area contributed by atoms with E-state index in [0.29, 0.717) is 18.7 Å². The molecule has 0 saturated carbocycles. The monoisotopic (exact) mass is 282 g/mol. The molecule has 1 atom stereocenters. The molecule has 0 aliphatic carbocycles. The maximum absolute atomic E-state index is 12.3. The van der Waals surface area contributed by atoms with E-state index in [2.05, 4.69) is 5.32 Å². The van der Waals surface area contributed by atoms with E-state index in [-0.39, 0.29) is 16.8 Å². The third-order valence-electron chi connectivity index (χ3n) is 3.17. The fourth-order valence-electron chi connectivity index (χ4n) is 2.16. The first-order valence-corrected chi connectivity index (χ1v) is 8.10. The van der Waals surface area contributed by atoms with Gasteiger partial charge in [0.1, 0.15) is 0 Å². The Bertz CT molecular complexity index is 583. The Morgan fingerprint density at radius 3 is 2.79 bits per heavy atom.